The van der Waals surface area contributed by atoms with E-state index in [0.717, 1.165) is 19.3 Å². The summed E-state index contributed by atoms with van der Waals surface area (Å²) >= 11 is 0. The minimum Gasteiger partial charge on any atom is -0.309 e. The third-order valence-electron chi connectivity index (χ3n) is 8.64. The van der Waals surface area contributed by atoms with E-state index in [9.17, 15) is 0 Å². The monoisotopic (exact) mass is 483 g/mol. The van der Waals surface area contributed by atoms with Crippen LogP contribution in [-0.2, 0) is 11.8 Å². The topological polar surface area (TPSA) is 4.93 Å². The molecule has 1 heteroatoms. The van der Waals surface area contributed by atoms with Crippen LogP contribution in [0.4, 0.5) is 0 Å². The van der Waals surface area contributed by atoms with Crippen LogP contribution in [-0.4, -0.2) is 4.57 Å². The minimum atomic E-state index is -0.0112. The van der Waals surface area contributed by atoms with Crippen molar-refractivity contribution >= 4 is 22.6 Å². The van der Waals surface area contributed by atoms with Crippen LogP contribution < -0.4 is 0 Å². The highest BCUT2D eigenvalue weighted by atomic mass is 15.0. The van der Waals surface area contributed by atoms with Crippen molar-refractivity contribution in [1.82, 2.24) is 4.57 Å². The molecule has 2 aliphatic carbocycles. The smallest absolute Gasteiger partial charge is 0.0544 e. The van der Waals surface area contributed by atoms with Gasteiger partial charge in [-0.15, -0.1) is 0 Å². The standard InChI is InChI=1S/C36H37N/c1-7-14-23(3)25(8-2)33-24(4)21-22-32-35(33)27-16-10-12-19-30(27)37(32)31-20-13-18-29-34(31)26-15-9-11-17-28(26)36(29,5)6/h8-9,11-15,17-22H,7,10,16H2,1-6H3/b23-14-,25-8+. The first-order valence-corrected chi connectivity index (χ1v) is 13.8. The van der Waals surface area contributed by atoms with E-state index in [0.29, 0.717) is 0 Å². The molecular weight excluding hydrogens is 446 g/mol. The van der Waals surface area contributed by atoms with Crippen molar-refractivity contribution in [3.8, 4) is 16.8 Å². The van der Waals surface area contributed by atoms with E-state index >= 15 is 0 Å². The van der Waals surface area contributed by atoms with Gasteiger partial charge in [-0.05, 0) is 103 Å². The summed E-state index contributed by atoms with van der Waals surface area (Å²) in [6.07, 6.45) is 12.6. The van der Waals surface area contributed by atoms with Gasteiger partial charge in [-0.25, -0.2) is 0 Å². The minimum absolute atomic E-state index is 0.0112. The number of hydrogen-bond acceptors (Lipinski definition) is 0. The third-order valence-corrected chi connectivity index (χ3v) is 8.64. The number of benzene rings is 3. The summed E-state index contributed by atoms with van der Waals surface area (Å²) in [4.78, 5) is 0. The summed E-state index contributed by atoms with van der Waals surface area (Å²) in [7, 11) is 0. The predicted octanol–water partition coefficient (Wildman–Crippen LogP) is 9.96. The molecule has 0 saturated heterocycles. The molecule has 2 aliphatic rings. The first-order chi connectivity index (χ1) is 17.9. The lowest BCUT2D eigenvalue weighted by atomic mass is 9.82. The maximum atomic E-state index is 2.56. The van der Waals surface area contributed by atoms with Crippen LogP contribution in [0.15, 0.2) is 78.4 Å². The van der Waals surface area contributed by atoms with Crippen molar-refractivity contribution in [1.29, 1.82) is 0 Å². The molecule has 0 N–H and O–H groups in total. The molecule has 0 spiro atoms. The van der Waals surface area contributed by atoms with E-state index in [1.807, 2.05) is 0 Å². The number of hydrogen-bond donors (Lipinski definition) is 0. The lowest BCUT2D eigenvalue weighted by Crippen LogP contribution is -2.15. The zero-order chi connectivity index (χ0) is 25.9. The highest BCUT2D eigenvalue weighted by Crippen LogP contribution is 2.52. The van der Waals surface area contributed by atoms with E-state index in [2.05, 4.69) is 125 Å². The summed E-state index contributed by atoms with van der Waals surface area (Å²) in [5.74, 6) is 0. The van der Waals surface area contributed by atoms with Gasteiger partial charge in [0.25, 0.3) is 0 Å². The summed E-state index contributed by atoms with van der Waals surface area (Å²) in [5.41, 5.74) is 16.5. The van der Waals surface area contributed by atoms with Crippen molar-refractivity contribution in [3.05, 3.63) is 112 Å². The number of allylic oxidation sites excluding steroid dienone is 5. The largest absolute Gasteiger partial charge is 0.309 e. The average molecular weight is 484 g/mol. The number of fused-ring (bicyclic) bond motifs is 6. The van der Waals surface area contributed by atoms with Gasteiger partial charge in [-0.1, -0.05) is 81.5 Å². The van der Waals surface area contributed by atoms with Gasteiger partial charge in [0, 0.05) is 22.1 Å². The summed E-state index contributed by atoms with van der Waals surface area (Å²) in [6, 6.07) is 20.6. The van der Waals surface area contributed by atoms with Gasteiger partial charge < -0.3 is 4.57 Å². The summed E-state index contributed by atoms with van der Waals surface area (Å²) < 4.78 is 2.56. The number of rotatable bonds is 4. The van der Waals surface area contributed by atoms with E-state index in [-0.39, 0.29) is 5.41 Å². The van der Waals surface area contributed by atoms with E-state index in [4.69, 9.17) is 0 Å². The second-order valence-electron chi connectivity index (χ2n) is 11.2. The van der Waals surface area contributed by atoms with Gasteiger partial charge in [0.05, 0.1) is 11.2 Å². The van der Waals surface area contributed by atoms with Crippen molar-refractivity contribution in [2.24, 2.45) is 0 Å². The molecular formula is C36H37N. The third kappa shape index (κ3) is 3.37. The average Bonchev–Trinajstić information content (AvgIpc) is 3.36. The molecule has 0 fully saturated rings. The second-order valence-corrected chi connectivity index (χ2v) is 11.2. The molecule has 0 amide bonds. The van der Waals surface area contributed by atoms with Gasteiger partial charge in [0.1, 0.15) is 0 Å². The first kappa shape index (κ1) is 23.8. The number of aryl methyl sites for hydroxylation is 2. The Hall–Kier alpha value is -3.58. The van der Waals surface area contributed by atoms with Crippen LogP contribution in [0.3, 0.4) is 0 Å². The van der Waals surface area contributed by atoms with Crippen LogP contribution in [0.25, 0.3) is 39.4 Å². The molecule has 0 bridgehead atoms. The Morgan fingerprint density at radius 1 is 1.00 bits per heavy atom. The van der Waals surface area contributed by atoms with E-state index in [1.54, 1.807) is 0 Å². The molecule has 1 heterocycles. The second kappa shape index (κ2) is 8.77. The van der Waals surface area contributed by atoms with Crippen LogP contribution >= 0.6 is 0 Å². The Kier molecular flexibility index (Phi) is 5.64. The van der Waals surface area contributed by atoms with Crippen LogP contribution in [0, 0.1) is 6.92 Å². The van der Waals surface area contributed by atoms with Crippen molar-refractivity contribution in [3.63, 3.8) is 0 Å². The van der Waals surface area contributed by atoms with Crippen molar-refractivity contribution in [2.75, 3.05) is 0 Å². The molecule has 37 heavy (non-hydrogen) atoms. The van der Waals surface area contributed by atoms with E-state index in [1.165, 1.54) is 72.4 Å². The Morgan fingerprint density at radius 2 is 1.78 bits per heavy atom. The Bertz CT molecular complexity index is 1650. The molecule has 0 unspecified atom stereocenters. The molecule has 1 aromatic heterocycles. The molecule has 1 nitrogen and oxygen atoms in total. The number of aromatic nitrogens is 1. The molecule has 6 rings (SSSR count). The normalized spacial score (nSPS) is 16.2. The maximum Gasteiger partial charge on any atom is 0.0544 e. The highest BCUT2D eigenvalue weighted by Gasteiger charge is 2.37. The van der Waals surface area contributed by atoms with Crippen molar-refractivity contribution in [2.45, 2.75) is 66.2 Å². The lowest BCUT2D eigenvalue weighted by Gasteiger charge is -2.22. The molecule has 0 radical (unpaired) electrons. The van der Waals surface area contributed by atoms with Crippen molar-refractivity contribution < 1.29 is 0 Å². The summed E-state index contributed by atoms with van der Waals surface area (Å²) in [6.45, 7) is 13.7. The van der Waals surface area contributed by atoms with Gasteiger partial charge in [0.15, 0.2) is 0 Å². The SMILES string of the molecule is C/C=C(\C(C)=C/CC)c1c(C)ccc2c1c1c(n2-c2cccc3c2-c2ccccc2C3(C)C)C=CCC1. The fourth-order valence-corrected chi connectivity index (χ4v) is 6.94. The van der Waals surface area contributed by atoms with Crippen LogP contribution in [0.2, 0.25) is 0 Å². The molecule has 0 atom stereocenters. The molecule has 0 saturated carbocycles. The van der Waals surface area contributed by atoms with Crippen LogP contribution in [0.5, 0.6) is 0 Å². The Balaban J connectivity index is 1.74. The molecule has 186 valence electrons. The maximum absolute atomic E-state index is 2.56. The summed E-state index contributed by atoms with van der Waals surface area (Å²) in [5, 5.41) is 1.43. The zero-order valence-corrected chi connectivity index (χ0v) is 23.1. The van der Waals surface area contributed by atoms with Crippen LogP contribution in [0.1, 0.15) is 81.0 Å². The fraction of sp³-hybridized carbons (Fsp3) is 0.278. The first-order valence-electron chi connectivity index (χ1n) is 13.8. The fourth-order valence-electron chi connectivity index (χ4n) is 6.94. The highest BCUT2D eigenvalue weighted by molar-refractivity contribution is 6.03. The molecule has 0 aliphatic heterocycles. The lowest BCUT2D eigenvalue weighted by molar-refractivity contribution is 0.660. The Labute approximate surface area is 221 Å². The van der Waals surface area contributed by atoms with Gasteiger partial charge in [-0.2, -0.15) is 0 Å². The molecule has 3 aromatic carbocycles. The van der Waals surface area contributed by atoms with Gasteiger partial charge in [0.2, 0.25) is 0 Å². The molecule has 4 aromatic rings. The van der Waals surface area contributed by atoms with Gasteiger partial charge >= 0.3 is 0 Å². The Morgan fingerprint density at radius 3 is 2.57 bits per heavy atom. The zero-order valence-electron chi connectivity index (χ0n) is 23.1. The van der Waals surface area contributed by atoms with E-state index < -0.39 is 0 Å². The van der Waals surface area contributed by atoms with Gasteiger partial charge in [-0.3, -0.25) is 0 Å². The number of nitrogens with zero attached hydrogens (tertiary/aromatic N) is 1. The quantitative estimate of drug-likeness (QED) is 0.254. The predicted molar refractivity (Wildman–Crippen MR) is 161 cm³/mol.